The number of terminal acetylenes is 1. The third kappa shape index (κ3) is 8.14. The molecular weight excluding hydrogens is 388 g/mol. The first-order valence-electron chi connectivity index (χ1n) is 11.2. The van der Waals surface area contributed by atoms with Crippen LogP contribution >= 0.6 is 11.3 Å². The molecule has 3 heterocycles. The summed E-state index contributed by atoms with van der Waals surface area (Å²) in [6.45, 7) is 18.3. The number of aromatic nitrogens is 1. The molecule has 0 atom stereocenters. The first kappa shape index (κ1) is 26.2. The van der Waals surface area contributed by atoms with E-state index in [1.54, 1.807) is 6.92 Å². The lowest BCUT2D eigenvalue weighted by Gasteiger charge is -2.26. The van der Waals surface area contributed by atoms with Gasteiger partial charge in [0.05, 0.1) is 13.2 Å². The van der Waals surface area contributed by atoms with Crippen LogP contribution in [0.1, 0.15) is 51.6 Å². The van der Waals surface area contributed by atoms with Gasteiger partial charge in [0.15, 0.2) is 0 Å². The third-order valence-electron chi connectivity index (χ3n) is 4.89. The summed E-state index contributed by atoms with van der Waals surface area (Å²) in [5.41, 5.74) is 2.78. The Balaban J connectivity index is 0.000000826. The van der Waals surface area contributed by atoms with E-state index in [9.17, 15) is 0 Å². The van der Waals surface area contributed by atoms with Crippen molar-refractivity contribution in [2.24, 2.45) is 0 Å². The highest BCUT2D eigenvalue weighted by atomic mass is 32.1. The molecule has 1 aliphatic rings. The molecule has 30 heavy (non-hydrogen) atoms. The van der Waals surface area contributed by atoms with E-state index < -0.39 is 0 Å². The molecule has 0 saturated carbocycles. The predicted molar refractivity (Wildman–Crippen MR) is 135 cm³/mol. The van der Waals surface area contributed by atoms with Gasteiger partial charge in [-0.3, -0.25) is 4.90 Å². The highest BCUT2D eigenvalue weighted by Crippen LogP contribution is 2.30. The summed E-state index contributed by atoms with van der Waals surface area (Å²) >= 11 is 1.95. The van der Waals surface area contributed by atoms with Crippen LogP contribution in [0.3, 0.4) is 0 Å². The SMILES string of the molecule is C#CC.C/C=C(\C=C/CC)Cc1cc2cc(C)n(CCN3CCOCC3)c2s1.CC. The number of thiophene rings is 1. The van der Waals surface area contributed by atoms with Gasteiger partial charge in [0.2, 0.25) is 0 Å². The summed E-state index contributed by atoms with van der Waals surface area (Å²) in [5, 5.41) is 1.40. The van der Waals surface area contributed by atoms with Gasteiger partial charge >= 0.3 is 0 Å². The maximum atomic E-state index is 5.45. The Morgan fingerprint density at radius 3 is 2.50 bits per heavy atom. The normalized spacial score (nSPS) is 14.8. The van der Waals surface area contributed by atoms with E-state index in [2.05, 4.69) is 72.9 Å². The van der Waals surface area contributed by atoms with Crippen LogP contribution in [-0.4, -0.2) is 42.3 Å². The second kappa shape index (κ2) is 15.1. The van der Waals surface area contributed by atoms with Gasteiger partial charge in [-0.1, -0.05) is 39.0 Å². The van der Waals surface area contributed by atoms with E-state index in [0.717, 1.165) is 52.2 Å². The van der Waals surface area contributed by atoms with Crippen molar-refractivity contribution < 1.29 is 4.74 Å². The fraction of sp³-hybridized carbons (Fsp3) is 0.538. The van der Waals surface area contributed by atoms with Crippen molar-refractivity contribution in [2.75, 3.05) is 32.8 Å². The summed E-state index contributed by atoms with van der Waals surface area (Å²) in [6, 6.07) is 4.72. The van der Waals surface area contributed by atoms with Gasteiger partial charge < -0.3 is 9.30 Å². The molecule has 0 aromatic carbocycles. The molecule has 166 valence electrons. The lowest BCUT2D eigenvalue weighted by atomic mass is 10.1. The summed E-state index contributed by atoms with van der Waals surface area (Å²) in [4.78, 5) is 5.39. The number of nitrogens with zero attached hydrogens (tertiary/aromatic N) is 2. The van der Waals surface area contributed by atoms with Crippen LogP contribution < -0.4 is 0 Å². The Bertz CT molecular complexity index is 829. The first-order valence-corrected chi connectivity index (χ1v) is 12.0. The van der Waals surface area contributed by atoms with Crippen molar-refractivity contribution in [2.45, 2.75) is 60.9 Å². The van der Waals surface area contributed by atoms with Gasteiger partial charge in [-0.25, -0.2) is 0 Å². The average molecular weight is 429 g/mol. The number of aryl methyl sites for hydroxylation is 1. The highest BCUT2D eigenvalue weighted by molar-refractivity contribution is 7.18. The third-order valence-corrected chi connectivity index (χ3v) is 6.06. The number of hydrogen-bond acceptors (Lipinski definition) is 3. The fourth-order valence-electron chi connectivity index (χ4n) is 3.38. The Morgan fingerprint density at radius 2 is 1.90 bits per heavy atom. The summed E-state index contributed by atoms with van der Waals surface area (Å²) in [6.07, 6.45) is 13.5. The van der Waals surface area contributed by atoms with Gasteiger partial charge in [-0.15, -0.1) is 23.7 Å². The zero-order valence-corrected chi connectivity index (χ0v) is 20.6. The van der Waals surface area contributed by atoms with E-state index in [0.29, 0.717) is 0 Å². The Morgan fingerprint density at radius 1 is 1.23 bits per heavy atom. The second-order valence-electron chi connectivity index (χ2n) is 7.00. The zero-order chi connectivity index (χ0) is 22.4. The molecule has 2 aromatic rings. The van der Waals surface area contributed by atoms with Crippen LogP contribution in [0.5, 0.6) is 0 Å². The first-order chi connectivity index (χ1) is 14.6. The van der Waals surface area contributed by atoms with Crippen LogP contribution in [0.2, 0.25) is 0 Å². The van der Waals surface area contributed by atoms with Crippen molar-refractivity contribution in [1.29, 1.82) is 0 Å². The van der Waals surface area contributed by atoms with Crippen molar-refractivity contribution in [3.63, 3.8) is 0 Å². The largest absolute Gasteiger partial charge is 0.379 e. The van der Waals surface area contributed by atoms with Crippen molar-refractivity contribution in [1.82, 2.24) is 9.47 Å². The van der Waals surface area contributed by atoms with E-state index in [-0.39, 0.29) is 0 Å². The number of allylic oxidation sites excluding steroid dienone is 4. The average Bonchev–Trinajstić information content (AvgIpc) is 3.28. The van der Waals surface area contributed by atoms with E-state index in [4.69, 9.17) is 4.74 Å². The molecule has 0 radical (unpaired) electrons. The van der Waals surface area contributed by atoms with Crippen molar-refractivity contribution in [3.8, 4) is 12.3 Å². The van der Waals surface area contributed by atoms with Crippen molar-refractivity contribution >= 4 is 21.6 Å². The fourth-order valence-corrected chi connectivity index (χ4v) is 4.64. The molecule has 2 aromatic heterocycles. The van der Waals surface area contributed by atoms with Crippen molar-refractivity contribution in [3.05, 3.63) is 46.5 Å². The van der Waals surface area contributed by atoms with Crippen LogP contribution in [0.4, 0.5) is 0 Å². The molecule has 0 N–H and O–H groups in total. The molecule has 0 unspecified atom stereocenters. The topological polar surface area (TPSA) is 17.4 Å². The number of morpholine rings is 1. The molecule has 1 saturated heterocycles. The molecule has 1 fully saturated rings. The van der Waals surface area contributed by atoms with E-state index >= 15 is 0 Å². The van der Waals surface area contributed by atoms with Crippen LogP contribution in [-0.2, 0) is 17.7 Å². The number of ether oxygens (including phenoxy) is 1. The molecule has 4 heteroatoms. The molecule has 3 rings (SSSR count). The van der Waals surface area contributed by atoms with Crippen LogP contribution in [0, 0.1) is 19.3 Å². The summed E-state index contributed by atoms with van der Waals surface area (Å²) < 4.78 is 7.95. The maximum Gasteiger partial charge on any atom is 0.103 e. The number of hydrogen-bond donors (Lipinski definition) is 0. The molecule has 0 aliphatic carbocycles. The summed E-state index contributed by atoms with van der Waals surface area (Å²) in [7, 11) is 0. The van der Waals surface area contributed by atoms with Gasteiger partial charge in [0.25, 0.3) is 0 Å². The zero-order valence-electron chi connectivity index (χ0n) is 19.8. The Kier molecular flexibility index (Phi) is 13.2. The molecular formula is C26H40N2OS. The molecule has 1 aliphatic heterocycles. The lowest BCUT2D eigenvalue weighted by molar-refractivity contribution is 0.0365. The lowest BCUT2D eigenvalue weighted by Crippen LogP contribution is -2.38. The monoisotopic (exact) mass is 428 g/mol. The molecule has 0 bridgehead atoms. The molecule has 0 spiro atoms. The Labute approximate surface area is 188 Å². The van der Waals surface area contributed by atoms with Gasteiger partial charge in [-0.05, 0) is 44.9 Å². The smallest absolute Gasteiger partial charge is 0.103 e. The van der Waals surface area contributed by atoms with Crippen LogP contribution in [0.25, 0.3) is 10.2 Å². The molecule has 3 nitrogen and oxygen atoms in total. The Hall–Kier alpha value is -1.80. The minimum absolute atomic E-state index is 0.876. The minimum atomic E-state index is 0.876. The van der Waals surface area contributed by atoms with E-state index in [1.807, 2.05) is 25.2 Å². The minimum Gasteiger partial charge on any atom is -0.379 e. The van der Waals surface area contributed by atoms with Gasteiger partial charge in [-0.2, -0.15) is 0 Å². The quantitative estimate of drug-likeness (QED) is 0.372. The van der Waals surface area contributed by atoms with E-state index in [1.165, 1.54) is 26.4 Å². The van der Waals surface area contributed by atoms with Gasteiger partial charge in [0.1, 0.15) is 4.83 Å². The number of rotatable bonds is 7. The predicted octanol–water partition coefficient (Wildman–Crippen LogP) is 6.46. The van der Waals surface area contributed by atoms with Crippen LogP contribution in [0.15, 0.2) is 35.9 Å². The molecule has 0 amide bonds. The maximum absolute atomic E-state index is 5.45. The summed E-state index contributed by atoms with van der Waals surface area (Å²) in [5.74, 6) is 2.25. The van der Waals surface area contributed by atoms with Gasteiger partial charge in [0, 0.05) is 48.6 Å². The highest BCUT2D eigenvalue weighted by Gasteiger charge is 2.14. The standard InChI is InChI=1S/C21H30N2OS.C3H4.C2H6/c1-4-6-7-18(5-2)15-20-16-19-14-17(3)23(21(19)25-20)9-8-22-10-12-24-13-11-22;1-3-2;1-2/h5-7,14,16H,4,8-13,15H2,1-3H3;1H,2H3;1-2H3/b7-6-,18-5+;;. The number of fused-ring (bicyclic) bond motifs is 1. The second-order valence-corrected chi connectivity index (χ2v) is 8.12.